The maximum atomic E-state index is 6.57. The summed E-state index contributed by atoms with van der Waals surface area (Å²) in [6.45, 7) is 0. The fourth-order valence-corrected chi connectivity index (χ4v) is 7.30. The summed E-state index contributed by atoms with van der Waals surface area (Å²) >= 11 is 0. The van der Waals surface area contributed by atoms with Gasteiger partial charge in [0.25, 0.3) is 0 Å². The molecular formula is C40H23NO. The molecule has 0 saturated carbocycles. The van der Waals surface area contributed by atoms with Gasteiger partial charge in [0.2, 0.25) is 0 Å². The molecule has 10 rings (SSSR count). The van der Waals surface area contributed by atoms with E-state index >= 15 is 0 Å². The lowest BCUT2D eigenvalue weighted by Gasteiger charge is -2.15. The third kappa shape index (κ3) is 2.83. The molecule has 0 aliphatic heterocycles. The third-order valence-electron chi connectivity index (χ3n) is 9.12. The summed E-state index contributed by atoms with van der Waals surface area (Å²) < 4.78 is 8.96. The molecule has 10 aromatic rings. The second kappa shape index (κ2) is 7.99. The Balaban J connectivity index is 1.29. The smallest absolute Gasteiger partial charge is 0.160 e. The van der Waals surface area contributed by atoms with Crippen LogP contribution < -0.4 is 0 Å². The molecule has 42 heavy (non-hydrogen) atoms. The van der Waals surface area contributed by atoms with E-state index in [9.17, 15) is 0 Å². The van der Waals surface area contributed by atoms with E-state index in [2.05, 4.69) is 138 Å². The van der Waals surface area contributed by atoms with Crippen LogP contribution in [0.15, 0.2) is 144 Å². The van der Waals surface area contributed by atoms with Crippen molar-refractivity contribution in [1.82, 2.24) is 4.57 Å². The summed E-state index contributed by atoms with van der Waals surface area (Å²) in [5.74, 6) is 0. The molecule has 2 heteroatoms. The molecule has 194 valence electrons. The van der Waals surface area contributed by atoms with Crippen molar-refractivity contribution in [2.45, 2.75) is 0 Å². The van der Waals surface area contributed by atoms with E-state index in [4.69, 9.17) is 4.42 Å². The van der Waals surface area contributed by atoms with Gasteiger partial charge in [-0.1, -0.05) is 109 Å². The number of fused-ring (bicyclic) bond motifs is 7. The van der Waals surface area contributed by atoms with Gasteiger partial charge in [-0.15, -0.1) is 0 Å². The topological polar surface area (TPSA) is 18.1 Å². The number of rotatable bonds is 2. The highest BCUT2D eigenvalue weighted by atomic mass is 16.3. The Morgan fingerprint density at radius 3 is 2.05 bits per heavy atom. The molecule has 0 aliphatic carbocycles. The van der Waals surface area contributed by atoms with E-state index in [0.29, 0.717) is 0 Å². The number of furan rings is 1. The van der Waals surface area contributed by atoms with Crippen LogP contribution in [0.1, 0.15) is 0 Å². The van der Waals surface area contributed by atoms with Gasteiger partial charge in [0.1, 0.15) is 5.58 Å². The number of nitrogens with zero attached hydrogens (tertiary/aromatic N) is 1. The molecule has 2 heterocycles. The zero-order valence-corrected chi connectivity index (χ0v) is 22.6. The van der Waals surface area contributed by atoms with Crippen LogP contribution in [-0.2, 0) is 0 Å². The normalized spacial score (nSPS) is 12.3. The van der Waals surface area contributed by atoms with Gasteiger partial charge in [0.05, 0.1) is 11.0 Å². The minimum Gasteiger partial charge on any atom is -0.454 e. The van der Waals surface area contributed by atoms with E-state index < -0.39 is 0 Å². The van der Waals surface area contributed by atoms with Gasteiger partial charge in [0.15, 0.2) is 5.58 Å². The Morgan fingerprint density at radius 2 is 1.14 bits per heavy atom. The van der Waals surface area contributed by atoms with Crippen LogP contribution in [0.25, 0.3) is 92.9 Å². The Hall–Kier alpha value is -5.60. The van der Waals surface area contributed by atoms with E-state index in [1.165, 1.54) is 59.7 Å². The van der Waals surface area contributed by atoms with Crippen LogP contribution in [0, 0.1) is 0 Å². The summed E-state index contributed by atoms with van der Waals surface area (Å²) in [5.41, 5.74) is 7.70. The first kappa shape index (κ1) is 22.1. The summed E-state index contributed by atoms with van der Waals surface area (Å²) in [4.78, 5) is 0. The van der Waals surface area contributed by atoms with Gasteiger partial charge in [-0.25, -0.2) is 0 Å². The van der Waals surface area contributed by atoms with Gasteiger partial charge < -0.3 is 8.98 Å². The van der Waals surface area contributed by atoms with Crippen LogP contribution in [0.5, 0.6) is 0 Å². The van der Waals surface area contributed by atoms with Gasteiger partial charge in [-0.3, -0.25) is 0 Å². The average Bonchev–Trinajstić information content (AvgIpc) is 3.60. The molecule has 0 radical (unpaired) electrons. The minimum absolute atomic E-state index is 0.916. The number of aromatic nitrogens is 1. The number of hydrogen-bond donors (Lipinski definition) is 0. The van der Waals surface area contributed by atoms with Gasteiger partial charge in [-0.05, 0) is 73.8 Å². The molecular weight excluding hydrogens is 510 g/mol. The molecule has 0 spiro atoms. The lowest BCUT2D eigenvalue weighted by atomic mass is 9.90. The lowest BCUT2D eigenvalue weighted by Crippen LogP contribution is -1.95. The first-order valence-corrected chi connectivity index (χ1v) is 14.4. The molecule has 0 amide bonds. The predicted molar refractivity (Wildman–Crippen MR) is 177 cm³/mol. The number of benzene rings is 8. The second-order valence-electron chi connectivity index (χ2n) is 11.3. The molecule has 0 aliphatic rings. The van der Waals surface area contributed by atoms with Gasteiger partial charge in [0, 0.05) is 27.2 Å². The van der Waals surface area contributed by atoms with E-state index in [-0.39, 0.29) is 0 Å². The van der Waals surface area contributed by atoms with Crippen molar-refractivity contribution >= 4 is 76.1 Å². The third-order valence-corrected chi connectivity index (χ3v) is 9.12. The Kier molecular flexibility index (Phi) is 4.21. The highest BCUT2D eigenvalue weighted by Crippen LogP contribution is 2.42. The second-order valence-corrected chi connectivity index (χ2v) is 11.3. The van der Waals surface area contributed by atoms with E-state index in [0.717, 1.165) is 33.1 Å². The van der Waals surface area contributed by atoms with Gasteiger partial charge in [-0.2, -0.15) is 0 Å². The Morgan fingerprint density at radius 1 is 0.452 bits per heavy atom. The van der Waals surface area contributed by atoms with E-state index in [1.807, 2.05) is 6.07 Å². The number of para-hydroxylation sites is 2. The largest absolute Gasteiger partial charge is 0.454 e. The summed E-state index contributed by atoms with van der Waals surface area (Å²) in [6.07, 6.45) is 0. The van der Waals surface area contributed by atoms with Crippen LogP contribution in [-0.4, -0.2) is 4.57 Å². The van der Waals surface area contributed by atoms with Crippen LogP contribution in [0.2, 0.25) is 0 Å². The lowest BCUT2D eigenvalue weighted by molar-refractivity contribution is 0.671. The summed E-state index contributed by atoms with van der Waals surface area (Å²) in [5, 5.41) is 12.6. The molecule has 0 unspecified atom stereocenters. The highest BCUT2D eigenvalue weighted by Gasteiger charge is 2.19. The monoisotopic (exact) mass is 533 g/mol. The molecule has 0 bridgehead atoms. The molecule has 8 aromatic carbocycles. The fourth-order valence-electron chi connectivity index (χ4n) is 7.30. The minimum atomic E-state index is 0.916. The van der Waals surface area contributed by atoms with Crippen LogP contribution in [0.4, 0.5) is 0 Å². The molecule has 0 atom stereocenters. The highest BCUT2D eigenvalue weighted by molar-refractivity contribution is 6.25. The van der Waals surface area contributed by atoms with Crippen molar-refractivity contribution < 1.29 is 4.42 Å². The first-order chi connectivity index (χ1) is 20.8. The van der Waals surface area contributed by atoms with Crippen LogP contribution >= 0.6 is 0 Å². The molecule has 0 fully saturated rings. The molecule has 2 nitrogen and oxygen atoms in total. The van der Waals surface area contributed by atoms with Crippen molar-refractivity contribution in [3.63, 3.8) is 0 Å². The molecule has 0 saturated heterocycles. The predicted octanol–water partition coefficient (Wildman–Crippen LogP) is 11.2. The standard InChI is InChI=1S/C40H23NO/c1-3-13-35-30(11-1)33-21-22-34-31-12-2-4-14-36(31)42-40(34)39(33)41(35)28-10-6-9-27(23-28)29-19-17-26-16-15-24-7-5-8-25-18-20-32(29)38(26)37(24)25/h1-23H. The quantitative estimate of drug-likeness (QED) is 0.202. The number of hydrogen-bond acceptors (Lipinski definition) is 1. The van der Waals surface area contributed by atoms with E-state index in [1.54, 1.807) is 0 Å². The first-order valence-electron chi connectivity index (χ1n) is 14.4. The van der Waals surface area contributed by atoms with Crippen molar-refractivity contribution in [1.29, 1.82) is 0 Å². The fraction of sp³-hybridized carbons (Fsp3) is 0. The van der Waals surface area contributed by atoms with Crippen molar-refractivity contribution in [2.75, 3.05) is 0 Å². The van der Waals surface area contributed by atoms with Crippen molar-refractivity contribution in [2.24, 2.45) is 0 Å². The summed E-state index contributed by atoms with van der Waals surface area (Å²) in [7, 11) is 0. The SMILES string of the molecule is c1cc(-c2ccc3ccc4cccc5ccc2c3c45)cc(-n2c3ccccc3c3ccc4c5ccccc5oc4c32)c1. The zero-order valence-electron chi connectivity index (χ0n) is 22.6. The Bertz CT molecular complexity index is 2670. The molecule has 2 aromatic heterocycles. The molecule has 0 N–H and O–H groups in total. The summed E-state index contributed by atoms with van der Waals surface area (Å²) in [6, 6.07) is 50.6. The zero-order chi connectivity index (χ0) is 27.4. The van der Waals surface area contributed by atoms with Gasteiger partial charge >= 0.3 is 0 Å². The van der Waals surface area contributed by atoms with Crippen molar-refractivity contribution in [3.8, 4) is 16.8 Å². The maximum Gasteiger partial charge on any atom is 0.160 e. The Labute approximate surface area is 241 Å². The average molecular weight is 534 g/mol. The maximum absolute atomic E-state index is 6.57. The van der Waals surface area contributed by atoms with Crippen LogP contribution in [0.3, 0.4) is 0 Å². The van der Waals surface area contributed by atoms with Crippen molar-refractivity contribution in [3.05, 3.63) is 140 Å².